The first kappa shape index (κ1) is 15.2. The van der Waals surface area contributed by atoms with Gasteiger partial charge in [0.1, 0.15) is 0 Å². The molecular weight excluding hydrogens is 279 g/mol. The van der Waals surface area contributed by atoms with E-state index in [-0.39, 0.29) is 11.4 Å². The number of aliphatic carboxylic acids is 1. The van der Waals surface area contributed by atoms with E-state index in [1.165, 1.54) is 12.1 Å². The molecule has 0 radical (unpaired) electrons. The van der Waals surface area contributed by atoms with Gasteiger partial charge in [-0.2, -0.15) is 0 Å². The number of hydrogen-bond acceptors (Lipinski definition) is 4. The van der Waals surface area contributed by atoms with E-state index in [1.54, 1.807) is 4.90 Å². The first-order chi connectivity index (χ1) is 9.89. The van der Waals surface area contributed by atoms with Crippen LogP contribution in [0.5, 0.6) is 0 Å². The van der Waals surface area contributed by atoms with Crippen molar-refractivity contribution in [3.05, 3.63) is 34.1 Å². The third-order valence-corrected chi connectivity index (χ3v) is 4.33. The van der Waals surface area contributed by atoms with Crippen LogP contribution in [-0.4, -0.2) is 29.1 Å². The predicted molar refractivity (Wildman–Crippen MR) is 74.9 cm³/mol. The number of carbonyl (C=O) groups is 1. The van der Waals surface area contributed by atoms with Gasteiger partial charge in [-0.1, -0.05) is 6.92 Å². The Kier molecular flexibility index (Phi) is 4.11. The van der Waals surface area contributed by atoms with Crippen molar-refractivity contribution < 1.29 is 19.2 Å². The Morgan fingerprint density at radius 3 is 2.52 bits per heavy atom. The van der Waals surface area contributed by atoms with Crippen molar-refractivity contribution in [2.45, 2.75) is 26.2 Å². The van der Waals surface area contributed by atoms with Gasteiger partial charge in [0.25, 0.3) is 5.69 Å². The maximum atomic E-state index is 14.0. The molecule has 1 aromatic rings. The van der Waals surface area contributed by atoms with Crippen LogP contribution in [0.3, 0.4) is 0 Å². The summed E-state index contributed by atoms with van der Waals surface area (Å²) < 4.78 is 14.0. The third-order valence-electron chi connectivity index (χ3n) is 4.33. The number of hydrogen-bond donors (Lipinski definition) is 1. The Morgan fingerprint density at radius 2 is 2.10 bits per heavy atom. The molecule has 1 fully saturated rings. The van der Waals surface area contributed by atoms with Gasteiger partial charge in [0, 0.05) is 19.2 Å². The minimum absolute atomic E-state index is 0.288. The lowest BCUT2D eigenvalue weighted by molar-refractivity contribution is -0.385. The van der Waals surface area contributed by atoms with Gasteiger partial charge in [-0.3, -0.25) is 14.9 Å². The zero-order valence-electron chi connectivity index (χ0n) is 11.7. The Labute approximate surface area is 121 Å². The minimum atomic E-state index is -0.811. The molecule has 1 aliphatic heterocycles. The molecule has 6 nitrogen and oxygen atoms in total. The normalized spacial score (nSPS) is 17.5. The standard InChI is InChI=1S/C14H17FN2O4/c1-2-14(13(18)19)5-7-16(8-6-14)12-4-3-10(17(20)21)9-11(12)15/h3-4,9H,2,5-8H2,1H3,(H,18,19). The summed E-state index contributed by atoms with van der Waals surface area (Å²) in [5, 5.41) is 19.9. The number of non-ortho nitro benzene ring substituents is 1. The quantitative estimate of drug-likeness (QED) is 0.682. The second-order valence-corrected chi connectivity index (χ2v) is 5.32. The number of nitro benzene ring substituents is 1. The van der Waals surface area contributed by atoms with Crippen molar-refractivity contribution in [1.82, 2.24) is 0 Å². The Balaban J connectivity index is 2.16. The number of nitro groups is 1. The number of anilines is 1. The number of benzene rings is 1. The van der Waals surface area contributed by atoms with E-state index in [0.29, 0.717) is 32.4 Å². The highest BCUT2D eigenvalue weighted by Crippen LogP contribution is 2.37. The second-order valence-electron chi connectivity index (χ2n) is 5.32. The van der Waals surface area contributed by atoms with E-state index >= 15 is 0 Å². The molecule has 1 N–H and O–H groups in total. The van der Waals surface area contributed by atoms with E-state index < -0.39 is 22.1 Å². The fraction of sp³-hybridized carbons (Fsp3) is 0.500. The average molecular weight is 296 g/mol. The molecule has 0 amide bonds. The number of carboxylic acids is 1. The number of piperidine rings is 1. The number of nitrogens with zero attached hydrogens (tertiary/aromatic N) is 2. The average Bonchev–Trinajstić information content (AvgIpc) is 2.47. The van der Waals surface area contributed by atoms with Crippen LogP contribution in [0.4, 0.5) is 15.8 Å². The van der Waals surface area contributed by atoms with Crippen LogP contribution < -0.4 is 4.90 Å². The molecule has 0 aromatic heterocycles. The molecule has 21 heavy (non-hydrogen) atoms. The van der Waals surface area contributed by atoms with Crippen LogP contribution in [0.2, 0.25) is 0 Å². The third kappa shape index (κ3) is 2.81. The van der Waals surface area contributed by atoms with Crippen molar-refractivity contribution >= 4 is 17.3 Å². The van der Waals surface area contributed by atoms with Crippen molar-refractivity contribution in [3.8, 4) is 0 Å². The molecule has 1 aromatic carbocycles. The van der Waals surface area contributed by atoms with Crippen LogP contribution in [0.1, 0.15) is 26.2 Å². The summed E-state index contributed by atoms with van der Waals surface area (Å²) in [5.74, 6) is -1.46. The SMILES string of the molecule is CCC1(C(=O)O)CCN(c2ccc([N+](=O)[O-])cc2F)CC1. The smallest absolute Gasteiger partial charge is 0.309 e. The zero-order chi connectivity index (χ0) is 15.6. The van der Waals surface area contributed by atoms with Crippen LogP contribution in [0, 0.1) is 21.3 Å². The van der Waals surface area contributed by atoms with Crippen LogP contribution in [0.25, 0.3) is 0 Å². The Morgan fingerprint density at radius 1 is 1.48 bits per heavy atom. The molecule has 0 bridgehead atoms. The maximum absolute atomic E-state index is 14.0. The highest BCUT2D eigenvalue weighted by atomic mass is 19.1. The molecule has 2 rings (SSSR count). The molecule has 0 saturated carbocycles. The fourth-order valence-electron chi connectivity index (χ4n) is 2.76. The van der Waals surface area contributed by atoms with Gasteiger partial charge >= 0.3 is 5.97 Å². The minimum Gasteiger partial charge on any atom is -0.481 e. The summed E-state index contributed by atoms with van der Waals surface area (Å²) in [4.78, 5) is 23.1. The van der Waals surface area contributed by atoms with Gasteiger partial charge in [0.2, 0.25) is 0 Å². The summed E-state index contributed by atoms with van der Waals surface area (Å²) in [5.41, 5.74) is -0.745. The molecule has 1 heterocycles. The van der Waals surface area contributed by atoms with Crippen LogP contribution in [0.15, 0.2) is 18.2 Å². The van der Waals surface area contributed by atoms with Crippen molar-refractivity contribution in [2.75, 3.05) is 18.0 Å². The van der Waals surface area contributed by atoms with Gasteiger partial charge in [-0.05, 0) is 25.3 Å². The summed E-state index contributed by atoms with van der Waals surface area (Å²) >= 11 is 0. The first-order valence-corrected chi connectivity index (χ1v) is 6.82. The van der Waals surface area contributed by atoms with E-state index in [4.69, 9.17) is 0 Å². The van der Waals surface area contributed by atoms with Crippen molar-refractivity contribution in [1.29, 1.82) is 0 Å². The van der Waals surface area contributed by atoms with Gasteiger partial charge in [-0.25, -0.2) is 4.39 Å². The molecule has 7 heteroatoms. The number of carboxylic acid groups (broad SMARTS) is 1. The van der Waals surface area contributed by atoms with E-state index in [0.717, 1.165) is 6.07 Å². The van der Waals surface area contributed by atoms with Gasteiger partial charge in [-0.15, -0.1) is 0 Å². The zero-order valence-corrected chi connectivity index (χ0v) is 11.7. The predicted octanol–water partition coefficient (Wildman–Crippen LogP) is 2.82. The molecule has 0 atom stereocenters. The Hall–Kier alpha value is -2.18. The lowest BCUT2D eigenvalue weighted by Crippen LogP contribution is -2.44. The monoisotopic (exact) mass is 296 g/mol. The summed E-state index contributed by atoms with van der Waals surface area (Å²) in [6.45, 7) is 2.69. The maximum Gasteiger partial charge on any atom is 0.309 e. The fourth-order valence-corrected chi connectivity index (χ4v) is 2.76. The van der Waals surface area contributed by atoms with E-state index in [2.05, 4.69) is 0 Å². The van der Waals surface area contributed by atoms with E-state index in [1.807, 2.05) is 6.92 Å². The molecular formula is C14H17FN2O4. The van der Waals surface area contributed by atoms with Crippen molar-refractivity contribution in [3.63, 3.8) is 0 Å². The molecule has 114 valence electrons. The lowest BCUT2D eigenvalue weighted by atomic mass is 9.76. The second kappa shape index (κ2) is 5.67. The summed E-state index contributed by atoms with van der Waals surface area (Å²) in [6.07, 6.45) is 1.42. The summed E-state index contributed by atoms with van der Waals surface area (Å²) in [6, 6.07) is 3.54. The lowest BCUT2D eigenvalue weighted by Gasteiger charge is -2.39. The highest BCUT2D eigenvalue weighted by molar-refractivity contribution is 5.75. The van der Waals surface area contributed by atoms with Gasteiger partial charge < -0.3 is 10.0 Å². The van der Waals surface area contributed by atoms with Gasteiger partial charge in [0.05, 0.1) is 22.1 Å². The molecule has 1 aliphatic rings. The van der Waals surface area contributed by atoms with Gasteiger partial charge in [0.15, 0.2) is 5.82 Å². The first-order valence-electron chi connectivity index (χ1n) is 6.82. The van der Waals surface area contributed by atoms with Crippen LogP contribution >= 0.6 is 0 Å². The highest BCUT2D eigenvalue weighted by Gasteiger charge is 2.40. The van der Waals surface area contributed by atoms with E-state index in [9.17, 15) is 24.4 Å². The largest absolute Gasteiger partial charge is 0.481 e. The number of halogens is 1. The number of rotatable bonds is 4. The molecule has 0 unspecified atom stereocenters. The van der Waals surface area contributed by atoms with Crippen molar-refractivity contribution in [2.24, 2.45) is 5.41 Å². The Bertz CT molecular complexity index is 568. The topological polar surface area (TPSA) is 83.7 Å². The summed E-state index contributed by atoms with van der Waals surface area (Å²) in [7, 11) is 0. The molecule has 0 spiro atoms. The van der Waals surface area contributed by atoms with Crippen LogP contribution in [-0.2, 0) is 4.79 Å². The molecule has 0 aliphatic carbocycles. The molecule has 1 saturated heterocycles.